The number of nitrogens with zero attached hydrogens (tertiary/aromatic N) is 1. The average Bonchev–Trinajstić information content (AvgIpc) is 2.56. The van der Waals surface area contributed by atoms with Crippen LogP contribution in [0.15, 0.2) is 0 Å². The normalized spacial score (nSPS) is 11.6. The van der Waals surface area contributed by atoms with Crippen molar-refractivity contribution in [1.29, 1.82) is 0 Å². The fraction of sp³-hybridized carbons (Fsp3) is 0.300. The van der Waals surface area contributed by atoms with Gasteiger partial charge in [-0.15, -0.1) is 0 Å². The van der Waals surface area contributed by atoms with Gasteiger partial charge in [-0.25, -0.2) is 18.2 Å². The van der Waals surface area contributed by atoms with Gasteiger partial charge >= 0.3 is 0 Å². The van der Waals surface area contributed by atoms with E-state index in [1.54, 1.807) is 13.8 Å². The summed E-state index contributed by atoms with van der Waals surface area (Å²) in [6.45, 7) is 3.40. The molecule has 0 atom stereocenters. The highest BCUT2D eigenvalue weighted by atomic mass is 32.1. The van der Waals surface area contributed by atoms with Crippen LogP contribution in [-0.4, -0.2) is 4.98 Å². The van der Waals surface area contributed by atoms with Crippen LogP contribution in [0.25, 0.3) is 10.2 Å². The minimum atomic E-state index is -1.48. The molecule has 0 saturated carbocycles. The maximum absolute atomic E-state index is 13.6. The lowest BCUT2D eigenvalue weighted by Gasteiger charge is -2.09. The van der Waals surface area contributed by atoms with Crippen LogP contribution in [0.2, 0.25) is 0 Å². The van der Waals surface area contributed by atoms with Gasteiger partial charge in [0, 0.05) is 5.56 Å². The maximum atomic E-state index is 13.6. The minimum Gasteiger partial charge on any atom is -0.375 e. The Labute approximate surface area is 93.9 Å². The van der Waals surface area contributed by atoms with Crippen molar-refractivity contribution in [1.82, 2.24) is 4.98 Å². The quantitative estimate of drug-likeness (QED) is 0.783. The number of benzene rings is 1. The van der Waals surface area contributed by atoms with Crippen molar-refractivity contribution in [2.45, 2.75) is 19.8 Å². The molecule has 6 heteroatoms. The van der Waals surface area contributed by atoms with Crippen LogP contribution in [0.5, 0.6) is 0 Å². The summed E-state index contributed by atoms with van der Waals surface area (Å²) in [5.41, 5.74) is 5.36. The Morgan fingerprint density at radius 3 is 2.31 bits per heavy atom. The van der Waals surface area contributed by atoms with Crippen LogP contribution in [0.4, 0.5) is 18.3 Å². The van der Waals surface area contributed by atoms with Gasteiger partial charge in [-0.05, 0) is 5.92 Å². The molecule has 2 rings (SSSR count). The van der Waals surface area contributed by atoms with E-state index in [0.717, 1.165) is 11.3 Å². The van der Waals surface area contributed by atoms with E-state index in [-0.39, 0.29) is 26.8 Å². The van der Waals surface area contributed by atoms with Gasteiger partial charge < -0.3 is 5.73 Å². The zero-order valence-electron chi connectivity index (χ0n) is 8.64. The van der Waals surface area contributed by atoms with E-state index in [0.29, 0.717) is 0 Å². The van der Waals surface area contributed by atoms with Gasteiger partial charge in [-0.3, -0.25) is 0 Å². The third-order valence-electron chi connectivity index (χ3n) is 2.30. The lowest BCUT2D eigenvalue weighted by Crippen LogP contribution is -2.01. The summed E-state index contributed by atoms with van der Waals surface area (Å²) in [7, 11) is 0. The van der Waals surface area contributed by atoms with E-state index in [2.05, 4.69) is 4.98 Å². The standard InChI is InChI=1S/C10H9F3N2S/c1-3(2)4-5(11)6(12)7(13)8-9(4)16-10(14)15-8/h3H,1-2H3,(H2,14,15). The molecule has 86 valence electrons. The van der Waals surface area contributed by atoms with Crippen molar-refractivity contribution >= 4 is 26.7 Å². The topological polar surface area (TPSA) is 38.9 Å². The molecule has 0 radical (unpaired) electrons. The predicted octanol–water partition coefficient (Wildman–Crippen LogP) is 3.42. The number of rotatable bonds is 1. The number of nitrogens with two attached hydrogens (primary N) is 1. The SMILES string of the molecule is CC(C)c1c(F)c(F)c(F)c2nc(N)sc12. The van der Waals surface area contributed by atoms with Crippen LogP contribution < -0.4 is 5.73 Å². The minimum absolute atomic E-state index is 0.0980. The van der Waals surface area contributed by atoms with Gasteiger partial charge in [-0.2, -0.15) is 0 Å². The number of hydrogen-bond donors (Lipinski definition) is 1. The number of anilines is 1. The van der Waals surface area contributed by atoms with E-state index < -0.39 is 17.5 Å². The van der Waals surface area contributed by atoms with Crippen LogP contribution in [-0.2, 0) is 0 Å². The van der Waals surface area contributed by atoms with Gasteiger partial charge in [0.25, 0.3) is 0 Å². The van der Waals surface area contributed by atoms with Gasteiger partial charge in [0.15, 0.2) is 22.6 Å². The summed E-state index contributed by atoms with van der Waals surface area (Å²) < 4.78 is 40.5. The molecule has 2 N–H and O–H groups in total. The molecular formula is C10H9F3N2S. The number of aromatic nitrogens is 1. The molecule has 1 aromatic carbocycles. The summed E-state index contributed by atoms with van der Waals surface area (Å²) in [6.07, 6.45) is 0. The second-order valence-electron chi connectivity index (χ2n) is 3.74. The van der Waals surface area contributed by atoms with Gasteiger partial charge in [0.1, 0.15) is 5.52 Å². The van der Waals surface area contributed by atoms with E-state index in [9.17, 15) is 13.2 Å². The Bertz CT molecular complexity index is 563. The van der Waals surface area contributed by atoms with Crippen molar-refractivity contribution in [2.75, 3.05) is 5.73 Å². The highest BCUT2D eigenvalue weighted by molar-refractivity contribution is 7.22. The lowest BCUT2D eigenvalue weighted by atomic mass is 10.0. The molecule has 0 amide bonds. The highest BCUT2D eigenvalue weighted by Crippen LogP contribution is 2.36. The zero-order chi connectivity index (χ0) is 12.0. The van der Waals surface area contributed by atoms with E-state index in [1.165, 1.54) is 0 Å². The van der Waals surface area contributed by atoms with E-state index in [1.807, 2.05) is 0 Å². The second kappa shape index (κ2) is 3.62. The van der Waals surface area contributed by atoms with Crippen LogP contribution in [0.3, 0.4) is 0 Å². The van der Waals surface area contributed by atoms with Crippen molar-refractivity contribution in [2.24, 2.45) is 0 Å². The fourth-order valence-corrected chi connectivity index (χ4v) is 2.62. The summed E-state index contributed by atoms with van der Waals surface area (Å²) in [5.74, 6) is -4.17. The van der Waals surface area contributed by atoms with Gasteiger partial charge in [0.2, 0.25) is 0 Å². The molecule has 0 aliphatic rings. The molecule has 2 nitrogen and oxygen atoms in total. The maximum Gasteiger partial charge on any atom is 0.197 e. The first-order chi connectivity index (χ1) is 7.43. The molecule has 0 aliphatic carbocycles. The van der Waals surface area contributed by atoms with Crippen molar-refractivity contribution in [3.05, 3.63) is 23.0 Å². The number of halogens is 3. The summed E-state index contributed by atoms with van der Waals surface area (Å²) in [5, 5.41) is 0.0980. The van der Waals surface area contributed by atoms with E-state index >= 15 is 0 Å². The van der Waals surface area contributed by atoms with Gasteiger partial charge in [0.05, 0.1) is 4.70 Å². The summed E-state index contributed by atoms with van der Waals surface area (Å²) in [4.78, 5) is 3.67. The Hall–Kier alpha value is -1.30. The fourth-order valence-electron chi connectivity index (χ4n) is 1.60. The molecule has 0 aliphatic heterocycles. The summed E-state index contributed by atoms with van der Waals surface area (Å²) >= 11 is 0.964. The monoisotopic (exact) mass is 246 g/mol. The number of thiazole rings is 1. The van der Waals surface area contributed by atoms with Crippen molar-refractivity contribution in [3.63, 3.8) is 0 Å². The Morgan fingerprint density at radius 1 is 1.12 bits per heavy atom. The third kappa shape index (κ3) is 1.44. The highest BCUT2D eigenvalue weighted by Gasteiger charge is 2.24. The summed E-state index contributed by atoms with van der Waals surface area (Å²) in [6, 6.07) is 0. The van der Waals surface area contributed by atoms with Crippen LogP contribution >= 0.6 is 11.3 Å². The molecule has 2 aromatic rings. The van der Waals surface area contributed by atoms with Crippen molar-refractivity contribution < 1.29 is 13.2 Å². The molecule has 1 heterocycles. The molecule has 0 bridgehead atoms. The van der Waals surface area contributed by atoms with Crippen molar-refractivity contribution in [3.8, 4) is 0 Å². The third-order valence-corrected chi connectivity index (χ3v) is 3.21. The zero-order valence-corrected chi connectivity index (χ0v) is 9.46. The first kappa shape index (κ1) is 11.2. The Kier molecular flexibility index (Phi) is 2.53. The Morgan fingerprint density at radius 2 is 1.75 bits per heavy atom. The molecule has 0 saturated heterocycles. The number of fused-ring (bicyclic) bond motifs is 1. The predicted molar refractivity (Wildman–Crippen MR) is 58.0 cm³/mol. The second-order valence-corrected chi connectivity index (χ2v) is 4.77. The molecule has 0 fully saturated rings. The number of nitrogen functional groups attached to an aromatic ring is 1. The van der Waals surface area contributed by atoms with Crippen LogP contribution in [0, 0.1) is 17.5 Å². The molecular weight excluding hydrogens is 237 g/mol. The Balaban J connectivity index is 2.97. The molecule has 1 aromatic heterocycles. The van der Waals surface area contributed by atoms with Gasteiger partial charge in [-0.1, -0.05) is 25.2 Å². The molecule has 16 heavy (non-hydrogen) atoms. The largest absolute Gasteiger partial charge is 0.375 e. The average molecular weight is 246 g/mol. The number of hydrogen-bond acceptors (Lipinski definition) is 3. The lowest BCUT2D eigenvalue weighted by molar-refractivity contribution is 0.444. The smallest absolute Gasteiger partial charge is 0.197 e. The molecule has 0 spiro atoms. The molecule has 0 unspecified atom stereocenters. The first-order valence-corrected chi connectivity index (χ1v) is 5.47. The van der Waals surface area contributed by atoms with E-state index in [4.69, 9.17) is 5.73 Å². The van der Waals surface area contributed by atoms with Crippen LogP contribution in [0.1, 0.15) is 25.3 Å². The first-order valence-electron chi connectivity index (χ1n) is 4.65.